The zero-order valence-corrected chi connectivity index (χ0v) is 17.7. The van der Waals surface area contributed by atoms with Crippen molar-refractivity contribution in [2.75, 3.05) is 30.8 Å². The maximum atomic E-state index is 12.0. The van der Waals surface area contributed by atoms with Crippen molar-refractivity contribution in [2.24, 2.45) is 5.92 Å². The number of nitrogens with zero attached hydrogens (tertiary/aromatic N) is 1. The van der Waals surface area contributed by atoms with Crippen molar-refractivity contribution in [3.05, 3.63) is 48.0 Å². The van der Waals surface area contributed by atoms with Gasteiger partial charge in [-0.2, -0.15) is 0 Å². The van der Waals surface area contributed by atoms with E-state index in [0.717, 1.165) is 30.4 Å². The average molecular weight is 411 g/mol. The average Bonchev–Trinajstić information content (AvgIpc) is 2.76. The molecule has 1 saturated heterocycles. The Kier molecular flexibility index (Phi) is 7.33. The number of piperidine rings is 1. The summed E-state index contributed by atoms with van der Waals surface area (Å²) in [7, 11) is 1.26. The molecule has 6 heteroatoms. The monoisotopic (exact) mass is 410 g/mol. The summed E-state index contributed by atoms with van der Waals surface area (Å²) in [5.74, 6) is 1.29. The number of rotatable bonds is 8. The number of hydrogen-bond donors (Lipinski definition) is 1. The molecule has 2 aromatic carbocycles. The molecule has 0 spiro atoms. The van der Waals surface area contributed by atoms with E-state index < -0.39 is 5.97 Å². The van der Waals surface area contributed by atoms with E-state index in [-0.39, 0.29) is 12.2 Å². The van der Waals surface area contributed by atoms with Crippen molar-refractivity contribution in [2.45, 2.75) is 39.0 Å². The number of carbonyl (C=O) groups is 2. The van der Waals surface area contributed by atoms with Gasteiger partial charge < -0.3 is 20.1 Å². The summed E-state index contributed by atoms with van der Waals surface area (Å²) in [6, 6.07) is 12.4. The van der Waals surface area contributed by atoms with E-state index in [0.29, 0.717) is 17.1 Å². The number of carbonyl (C=O) groups excluding carboxylic acids is 2. The topological polar surface area (TPSA) is 81.9 Å². The summed E-state index contributed by atoms with van der Waals surface area (Å²) in [5.41, 5.74) is 8.44. The second-order valence-electron chi connectivity index (χ2n) is 7.74. The molecule has 0 atom stereocenters. The molecule has 0 bridgehead atoms. The minimum absolute atomic E-state index is 0.271. The van der Waals surface area contributed by atoms with Gasteiger partial charge in [0.05, 0.1) is 18.5 Å². The summed E-state index contributed by atoms with van der Waals surface area (Å²) < 4.78 is 10.5. The quantitative estimate of drug-likeness (QED) is 0.291. The van der Waals surface area contributed by atoms with Crippen LogP contribution >= 0.6 is 0 Å². The molecule has 6 nitrogen and oxygen atoms in total. The largest absolute Gasteiger partial charge is 0.469 e. The fourth-order valence-corrected chi connectivity index (χ4v) is 3.88. The Morgan fingerprint density at radius 3 is 2.37 bits per heavy atom. The third kappa shape index (κ3) is 5.53. The highest BCUT2D eigenvalue weighted by atomic mass is 16.5. The first kappa shape index (κ1) is 21.7. The van der Waals surface area contributed by atoms with Crippen LogP contribution in [-0.2, 0) is 9.53 Å². The van der Waals surface area contributed by atoms with Crippen LogP contribution in [0.4, 0.5) is 11.4 Å². The summed E-state index contributed by atoms with van der Waals surface area (Å²) in [6.45, 7) is 4.26. The Balaban J connectivity index is 1.65. The molecule has 1 heterocycles. The number of hydrogen-bond acceptors (Lipinski definition) is 6. The van der Waals surface area contributed by atoms with Crippen molar-refractivity contribution < 1.29 is 19.1 Å². The summed E-state index contributed by atoms with van der Waals surface area (Å²) in [6.07, 6.45) is 4.65. The van der Waals surface area contributed by atoms with Crippen molar-refractivity contribution in [1.82, 2.24) is 0 Å². The number of methoxy groups -OCH3 is 1. The highest BCUT2D eigenvalue weighted by Gasteiger charge is 2.20. The van der Waals surface area contributed by atoms with Crippen LogP contribution in [0.1, 0.15) is 49.4 Å². The summed E-state index contributed by atoms with van der Waals surface area (Å²) >= 11 is 0. The molecule has 2 N–H and O–H groups in total. The highest BCUT2D eigenvalue weighted by molar-refractivity contribution is 6.05. The molecule has 0 aromatic heterocycles. The lowest BCUT2D eigenvalue weighted by atomic mass is 9.92. The van der Waals surface area contributed by atoms with Crippen LogP contribution in [0.3, 0.4) is 0 Å². The molecule has 1 aliphatic rings. The fourth-order valence-electron chi connectivity index (χ4n) is 3.88. The first-order chi connectivity index (χ1) is 14.5. The standard InChI is InChI=1S/C24H30N2O4/c1-3-4-17-11-13-26(14-12-17)22-15-20(9-10-21(22)25)30-19-7-5-18(6-8-19)23(27)16-24(28)29-2/h5-10,15,17H,3-4,11-14,16,25H2,1-2H3. The molecule has 0 aliphatic carbocycles. The molecule has 3 rings (SSSR count). The minimum Gasteiger partial charge on any atom is -0.469 e. The number of ether oxygens (including phenoxy) is 2. The number of esters is 1. The van der Waals surface area contributed by atoms with Gasteiger partial charge in [-0.15, -0.1) is 0 Å². The maximum Gasteiger partial charge on any atom is 0.313 e. The summed E-state index contributed by atoms with van der Waals surface area (Å²) in [5, 5.41) is 0. The smallest absolute Gasteiger partial charge is 0.313 e. The number of nitrogens with two attached hydrogens (primary N) is 1. The van der Waals surface area contributed by atoms with Crippen molar-refractivity contribution >= 4 is 23.1 Å². The Labute approximate surface area is 178 Å². The van der Waals surface area contributed by atoms with E-state index in [2.05, 4.69) is 16.6 Å². The fraction of sp³-hybridized carbons (Fsp3) is 0.417. The lowest BCUT2D eigenvalue weighted by molar-refractivity contribution is -0.139. The molecule has 0 unspecified atom stereocenters. The summed E-state index contributed by atoms with van der Waals surface area (Å²) in [4.78, 5) is 25.6. The maximum absolute atomic E-state index is 12.0. The Morgan fingerprint density at radius 2 is 1.73 bits per heavy atom. The molecule has 160 valence electrons. The highest BCUT2D eigenvalue weighted by Crippen LogP contribution is 2.34. The molecule has 0 saturated carbocycles. The van der Waals surface area contributed by atoms with Gasteiger partial charge in [0.1, 0.15) is 17.9 Å². The molecule has 1 aliphatic heterocycles. The van der Waals surface area contributed by atoms with E-state index in [1.54, 1.807) is 24.3 Å². The first-order valence-electron chi connectivity index (χ1n) is 10.5. The second kappa shape index (κ2) is 10.1. The number of anilines is 2. The molecule has 0 radical (unpaired) electrons. The minimum atomic E-state index is -0.548. The number of nitrogen functional groups attached to an aromatic ring is 1. The lowest BCUT2D eigenvalue weighted by Gasteiger charge is -2.34. The van der Waals surface area contributed by atoms with Crippen LogP contribution in [0.25, 0.3) is 0 Å². The predicted octanol–water partition coefficient (Wildman–Crippen LogP) is 4.82. The Morgan fingerprint density at radius 1 is 1.07 bits per heavy atom. The van der Waals surface area contributed by atoms with Gasteiger partial charge in [0.15, 0.2) is 5.78 Å². The molecular weight excluding hydrogens is 380 g/mol. The zero-order chi connectivity index (χ0) is 21.5. The van der Waals surface area contributed by atoms with E-state index in [9.17, 15) is 9.59 Å². The van der Waals surface area contributed by atoms with Gasteiger partial charge in [-0.25, -0.2) is 0 Å². The van der Waals surface area contributed by atoms with Gasteiger partial charge in [0.2, 0.25) is 0 Å². The van der Waals surface area contributed by atoms with Gasteiger partial charge in [-0.05, 0) is 55.2 Å². The molecule has 0 amide bonds. The van der Waals surface area contributed by atoms with Crippen LogP contribution < -0.4 is 15.4 Å². The Bertz CT molecular complexity index is 871. The second-order valence-corrected chi connectivity index (χ2v) is 7.74. The third-order valence-corrected chi connectivity index (χ3v) is 5.60. The van der Waals surface area contributed by atoms with E-state index in [4.69, 9.17) is 10.5 Å². The van der Waals surface area contributed by atoms with Crippen LogP contribution in [0.15, 0.2) is 42.5 Å². The van der Waals surface area contributed by atoms with Gasteiger partial charge in [-0.3, -0.25) is 9.59 Å². The normalized spacial score (nSPS) is 14.4. The van der Waals surface area contributed by atoms with Crippen LogP contribution in [0.5, 0.6) is 11.5 Å². The van der Waals surface area contributed by atoms with Gasteiger partial charge in [0.25, 0.3) is 0 Å². The van der Waals surface area contributed by atoms with E-state index in [1.807, 2.05) is 18.2 Å². The van der Waals surface area contributed by atoms with Crippen LogP contribution in [0, 0.1) is 5.92 Å². The number of benzene rings is 2. The van der Waals surface area contributed by atoms with Crippen molar-refractivity contribution in [1.29, 1.82) is 0 Å². The molecule has 1 fully saturated rings. The Hall–Kier alpha value is -3.02. The molecule has 2 aromatic rings. The molecular formula is C24H30N2O4. The van der Waals surface area contributed by atoms with Crippen molar-refractivity contribution in [3.8, 4) is 11.5 Å². The van der Waals surface area contributed by atoms with E-state index >= 15 is 0 Å². The van der Waals surface area contributed by atoms with Crippen molar-refractivity contribution in [3.63, 3.8) is 0 Å². The zero-order valence-electron chi connectivity index (χ0n) is 17.7. The number of Topliss-reactive ketones (excluding diaryl/α,β-unsaturated/α-hetero) is 1. The van der Waals surface area contributed by atoms with Crippen LogP contribution in [-0.4, -0.2) is 32.0 Å². The third-order valence-electron chi connectivity index (χ3n) is 5.60. The van der Waals surface area contributed by atoms with Crippen LogP contribution in [0.2, 0.25) is 0 Å². The van der Waals surface area contributed by atoms with Gasteiger partial charge >= 0.3 is 5.97 Å². The number of ketones is 1. The SMILES string of the molecule is CCCC1CCN(c2cc(Oc3ccc(C(=O)CC(=O)OC)cc3)ccc2N)CC1. The van der Waals surface area contributed by atoms with E-state index in [1.165, 1.54) is 32.8 Å². The first-order valence-corrected chi connectivity index (χ1v) is 10.5. The predicted molar refractivity (Wildman–Crippen MR) is 118 cm³/mol. The lowest BCUT2D eigenvalue weighted by Crippen LogP contribution is -2.34. The van der Waals surface area contributed by atoms with Gasteiger partial charge in [0, 0.05) is 24.7 Å². The molecule has 30 heavy (non-hydrogen) atoms. The van der Waals surface area contributed by atoms with Gasteiger partial charge in [-0.1, -0.05) is 19.8 Å².